The van der Waals surface area contributed by atoms with Crippen LogP contribution in [0.2, 0.25) is 5.02 Å². The Hall–Kier alpha value is -0.260. The molecule has 0 saturated carbocycles. The minimum absolute atomic E-state index is 0.519. The maximum atomic E-state index is 8.68. The molecular formula is C6H8ClN2OS+. The molecule has 0 atom stereocenters. The van der Waals surface area contributed by atoms with Crippen LogP contribution in [0.3, 0.4) is 0 Å². The smallest absolute Gasteiger partial charge is 0.181 e. The Labute approximate surface area is 73.6 Å². The molecule has 0 aromatic heterocycles. The van der Waals surface area contributed by atoms with Gasteiger partial charge in [0.1, 0.15) is 5.02 Å². The Morgan fingerprint density at radius 2 is 2.27 bits per heavy atom. The molecule has 0 spiro atoms. The first-order valence-corrected chi connectivity index (χ1v) is 4.17. The second-order valence-corrected chi connectivity index (χ2v) is 3.04. The first-order chi connectivity index (χ1) is 5.27. The largest absolute Gasteiger partial charge is 0.274 e. The van der Waals surface area contributed by atoms with Gasteiger partial charge < -0.3 is 0 Å². The number of hydrogen-bond acceptors (Lipinski definition) is 3. The highest BCUT2D eigenvalue weighted by Gasteiger charge is 2.03. The maximum absolute atomic E-state index is 8.68. The van der Waals surface area contributed by atoms with E-state index in [4.69, 9.17) is 21.9 Å². The molecule has 1 rings (SSSR count). The Morgan fingerprint density at radius 3 is 2.82 bits per heavy atom. The summed E-state index contributed by atoms with van der Waals surface area (Å²) in [6.45, 7) is 0. The fourth-order valence-electron chi connectivity index (χ4n) is 0.694. The van der Waals surface area contributed by atoms with Crippen molar-refractivity contribution in [1.29, 1.82) is 0 Å². The maximum Gasteiger partial charge on any atom is 0.181 e. The average Bonchev–Trinajstić information content (AvgIpc) is 2.05. The van der Waals surface area contributed by atoms with Gasteiger partial charge in [-0.25, -0.2) is 5.21 Å². The van der Waals surface area contributed by atoms with Crippen molar-refractivity contribution in [2.75, 3.05) is 0 Å². The summed E-state index contributed by atoms with van der Waals surface area (Å²) in [6, 6.07) is 5.20. The van der Waals surface area contributed by atoms with Gasteiger partial charge in [0.05, 0.1) is 0 Å². The van der Waals surface area contributed by atoms with Crippen LogP contribution in [0.15, 0.2) is 23.1 Å². The average molecular weight is 192 g/mol. The summed E-state index contributed by atoms with van der Waals surface area (Å²) in [7, 11) is 0. The molecule has 0 bridgehead atoms. The van der Waals surface area contributed by atoms with Gasteiger partial charge in [-0.1, -0.05) is 11.6 Å². The van der Waals surface area contributed by atoms with E-state index < -0.39 is 0 Å². The van der Waals surface area contributed by atoms with Crippen molar-refractivity contribution in [2.24, 2.45) is 5.14 Å². The van der Waals surface area contributed by atoms with E-state index in [0.717, 1.165) is 22.3 Å². The molecule has 11 heavy (non-hydrogen) atoms. The van der Waals surface area contributed by atoms with E-state index in [0.29, 0.717) is 10.7 Å². The van der Waals surface area contributed by atoms with Crippen LogP contribution in [-0.4, -0.2) is 5.21 Å². The zero-order valence-electron chi connectivity index (χ0n) is 5.62. The Bertz CT molecular complexity index is 256. The Kier molecular flexibility index (Phi) is 3.16. The van der Waals surface area contributed by atoms with Crippen molar-refractivity contribution in [2.45, 2.75) is 4.90 Å². The number of hydrogen-bond donors (Lipinski definition) is 3. The quantitative estimate of drug-likeness (QED) is 0.370. The van der Waals surface area contributed by atoms with Crippen LogP contribution in [0.25, 0.3) is 0 Å². The minimum atomic E-state index is 0.519. The molecule has 0 aliphatic heterocycles. The lowest BCUT2D eigenvalue weighted by Crippen LogP contribution is -2.73. The Morgan fingerprint density at radius 1 is 1.55 bits per heavy atom. The second kappa shape index (κ2) is 3.94. The van der Waals surface area contributed by atoms with Gasteiger partial charge in [-0.05, 0) is 24.1 Å². The van der Waals surface area contributed by atoms with E-state index >= 15 is 0 Å². The van der Waals surface area contributed by atoms with Gasteiger partial charge in [0.2, 0.25) is 0 Å². The van der Waals surface area contributed by atoms with E-state index in [-0.39, 0.29) is 0 Å². The molecule has 1 aromatic carbocycles. The summed E-state index contributed by atoms with van der Waals surface area (Å²) in [4.78, 5) is 0.870. The molecule has 5 N–H and O–H groups in total. The van der Waals surface area contributed by atoms with Gasteiger partial charge in [-0.2, -0.15) is 5.48 Å². The third kappa shape index (κ3) is 2.08. The fraction of sp³-hybridized carbons (Fsp3) is 0. The first kappa shape index (κ1) is 8.83. The molecule has 0 unspecified atom stereocenters. The predicted octanol–water partition coefficient (Wildman–Crippen LogP) is 0.890. The van der Waals surface area contributed by atoms with E-state index in [1.165, 1.54) is 0 Å². The third-order valence-electron chi connectivity index (χ3n) is 1.24. The lowest BCUT2D eigenvalue weighted by molar-refractivity contribution is -0.825. The standard InChI is InChI=1S/C6H7ClN2OS/c7-5-2-1-4(11-8)3-6(5)9-10/h1-3,9-10H,8H2/p+1. The van der Waals surface area contributed by atoms with Crippen molar-refractivity contribution in [3.63, 3.8) is 0 Å². The van der Waals surface area contributed by atoms with Crippen LogP contribution in [0.5, 0.6) is 0 Å². The number of benzene rings is 1. The van der Waals surface area contributed by atoms with Crippen LogP contribution in [-0.2, 0) is 0 Å². The monoisotopic (exact) mass is 191 g/mol. The van der Waals surface area contributed by atoms with E-state index in [1.54, 1.807) is 18.2 Å². The minimum Gasteiger partial charge on any atom is -0.274 e. The lowest BCUT2D eigenvalue weighted by atomic mass is 10.3. The summed E-state index contributed by atoms with van der Waals surface area (Å²) >= 11 is 6.83. The number of halogens is 1. The SMILES string of the molecule is NSc1ccc(Cl)c([NH2+]O)c1. The highest BCUT2D eigenvalue weighted by Crippen LogP contribution is 2.22. The van der Waals surface area contributed by atoms with Gasteiger partial charge in [0.25, 0.3) is 0 Å². The highest BCUT2D eigenvalue weighted by molar-refractivity contribution is 7.97. The van der Waals surface area contributed by atoms with Crippen LogP contribution in [0.4, 0.5) is 5.69 Å². The molecular weight excluding hydrogens is 184 g/mol. The number of nitrogens with two attached hydrogens (primary N) is 2. The summed E-state index contributed by atoms with van der Waals surface area (Å²) in [5, 5.41) is 14.5. The summed E-state index contributed by atoms with van der Waals surface area (Å²) in [5.41, 5.74) is 1.55. The van der Waals surface area contributed by atoms with Crippen LogP contribution < -0.4 is 10.6 Å². The fourth-order valence-corrected chi connectivity index (χ4v) is 1.20. The molecule has 3 nitrogen and oxygen atoms in total. The van der Waals surface area contributed by atoms with Crippen molar-refractivity contribution in [3.8, 4) is 0 Å². The Balaban J connectivity index is 3.02. The van der Waals surface area contributed by atoms with Crippen molar-refractivity contribution < 1.29 is 10.7 Å². The normalized spacial score (nSPS) is 10.1. The van der Waals surface area contributed by atoms with Crippen molar-refractivity contribution in [3.05, 3.63) is 23.2 Å². The topological polar surface area (TPSA) is 62.9 Å². The molecule has 0 heterocycles. The highest BCUT2D eigenvalue weighted by atomic mass is 35.5. The molecule has 0 amide bonds. The zero-order valence-corrected chi connectivity index (χ0v) is 7.19. The van der Waals surface area contributed by atoms with Crippen LogP contribution in [0, 0.1) is 0 Å². The number of rotatable bonds is 2. The summed E-state index contributed by atoms with van der Waals surface area (Å²) in [6.07, 6.45) is 0. The zero-order chi connectivity index (χ0) is 8.27. The van der Waals surface area contributed by atoms with Gasteiger partial charge in [0.15, 0.2) is 5.69 Å². The van der Waals surface area contributed by atoms with E-state index in [2.05, 4.69) is 0 Å². The van der Waals surface area contributed by atoms with Crippen molar-refractivity contribution in [1.82, 2.24) is 0 Å². The van der Waals surface area contributed by atoms with Gasteiger partial charge in [-0.3, -0.25) is 5.14 Å². The molecule has 5 heteroatoms. The van der Waals surface area contributed by atoms with Crippen LogP contribution in [0.1, 0.15) is 0 Å². The second-order valence-electron chi connectivity index (χ2n) is 1.93. The van der Waals surface area contributed by atoms with E-state index in [1.807, 2.05) is 0 Å². The molecule has 1 aromatic rings. The summed E-state index contributed by atoms with van der Waals surface area (Å²) in [5.74, 6) is 0. The molecule has 0 aliphatic carbocycles. The molecule has 0 saturated heterocycles. The molecule has 60 valence electrons. The van der Waals surface area contributed by atoms with Crippen molar-refractivity contribution >= 4 is 29.2 Å². The van der Waals surface area contributed by atoms with E-state index in [9.17, 15) is 0 Å². The van der Waals surface area contributed by atoms with Gasteiger partial charge in [0, 0.05) is 11.0 Å². The van der Waals surface area contributed by atoms with Gasteiger partial charge in [-0.15, -0.1) is 0 Å². The van der Waals surface area contributed by atoms with Crippen LogP contribution >= 0.6 is 23.5 Å². The third-order valence-corrected chi connectivity index (χ3v) is 2.11. The molecule has 0 radical (unpaired) electrons. The molecule has 0 fully saturated rings. The number of quaternary nitrogens is 1. The summed E-state index contributed by atoms with van der Waals surface area (Å²) < 4.78 is 0. The lowest BCUT2D eigenvalue weighted by Gasteiger charge is -1.98. The first-order valence-electron chi connectivity index (χ1n) is 2.91. The van der Waals surface area contributed by atoms with Gasteiger partial charge >= 0.3 is 0 Å². The predicted molar refractivity (Wildman–Crippen MR) is 44.9 cm³/mol. The molecule has 0 aliphatic rings.